The van der Waals surface area contributed by atoms with Crippen LogP contribution >= 0.6 is 0 Å². The molecule has 0 atom stereocenters. The number of carbonyl (C=O) groups excluding carboxylic acids is 1. The standard InChI is InChI=1S/C12H14O2/c1-12(2,3)9-5-4-8-7-14-11(13)10(8)6-9/h4-6H,7H2,1-3H3. The third-order valence-electron chi connectivity index (χ3n) is 2.55. The van der Waals surface area contributed by atoms with Crippen LogP contribution in [0.4, 0.5) is 0 Å². The third kappa shape index (κ3) is 1.41. The van der Waals surface area contributed by atoms with Crippen molar-refractivity contribution in [2.75, 3.05) is 0 Å². The molecule has 2 rings (SSSR count). The summed E-state index contributed by atoms with van der Waals surface area (Å²) in [6.07, 6.45) is 0. The van der Waals surface area contributed by atoms with Gasteiger partial charge in [0.15, 0.2) is 0 Å². The van der Waals surface area contributed by atoms with Crippen molar-refractivity contribution in [3.8, 4) is 0 Å². The number of ether oxygens (including phenoxy) is 1. The highest BCUT2D eigenvalue weighted by molar-refractivity contribution is 5.93. The van der Waals surface area contributed by atoms with Gasteiger partial charge in [-0.25, -0.2) is 4.79 Å². The molecule has 0 aromatic heterocycles. The molecule has 0 fully saturated rings. The quantitative estimate of drug-likeness (QED) is 0.588. The Labute approximate surface area is 83.9 Å². The Bertz CT molecular complexity index is 386. The number of rotatable bonds is 0. The van der Waals surface area contributed by atoms with Crippen LogP contribution < -0.4 is 0 Å². The fourth-order valence-corrected chi connectivity index (χ4v) is 1.58. The average molecular weight is 190 g/mol. The predicted octanol–water partition coefficient (Wildman–Crippen LogP) is 2.65. The first-order valence-corrected chi connectivity index (χ1v) is 4.79. The summed E-state index contributed by atoms with van der Waals surface area (Å²) in [5.41, 5.74) is 2.99. The van der Waals surface area contributed by atoms with Crippen molar-refractivity contribution in [1.82, 2.24) is 0 Å². The number of hydrogen-bond donors (Lipinski definition) is 0. The number of carbonyl (C=O) groups is 1. The normalized spacial score (nSPS) is 15.2. The van der Waals surface area contributed by atoms with E-state index in [0.29, 0.717) is 6.61 Å². The lowest BCUT2D eigenvalue weighted by atomic mass is 9.85. The number of hydrogen-bond acceptors (Lipinski definition) is 2. The first-order valence-electron chi connectivity index (χ1n) is 4.79. The Balaban J connectivity index is 2.50. The SMILES string of the molecule is CC(C)(C)c1ccc2c(c1)C(=O)OC2. The van der Waals surface area contributed by atoms with E-state index in [1.165, 1.54) is 5.56 Å². The molecule has 2 nitrogen and oxygen atoms in total. The molecule has 1 aromatic carbocycles. The molecule has 1 aromatic rings. The molecule has 1 heterocycles. The number of cyclic esters (lactones) is 1. The van der Waals surface area contributed by atoms with E-state index >= 15 is 0 Å². The summed E-state index contributed by atoms with van der Waals surface area (Å²) in [7, 11) is 0. The van der Waals surface area contributed by atoms with E-state index in [0.717, 1.165) is 11.1 Å². The zero-order valence-corrected chi connectivity index (χ0v) is 8.76. The summed E-state index contributed by atoms with van der Waals surface area (Å²) >= 11 is 0. The van der Waals surface area contributed by atoms with Gasteiger partial charge in [0, 0.05) is 5.56 Å². The summed E-state index contributed by atoms with van der Waals surface area (Å²) in [5.74, 6) is -0.189. The van der Waals surface area contributed by atoms with Crippen molar-refractivity contribution >= 4 is 5.97 Å². The fraction of sp³-hybridized carbons (Fsp3) is 0.417. The minimum atomic E-state index is -0.189. The highest BCUT2D eigenvalue weighted by Crippen LogP contribution is 2.27. The molecule has 0 aliphatic carbocycles. The van der Waals surface area contributed by atoms with E-state index < -0.39 is 0 Å². The Morgan fingerprint density at radius 2 is 2.00 bits per heavy atom. The van der Waals surface area contributed by atoms with Gasteiger partial charge in [0.05, 0.1) is 5.56 Å². The molecule has 74 valence electrons. The maximum absolute atomic E-state index is 11.3. The molecule has 1 aliphatic heterocycles. The summed E-state index contributed by atoms with van der Waals surface area (Å²) in [6.45, 7) is 6.83. The van der Waals surface area contributed by atoms with Crippen molar-refractivity contribution in [2.45, 2.75) is 32.8 Å². The molecule has 0 unspecified atom stereocenters. The van der Waals surface area contributed by atoms with Crippen LogP contribution in [0.15, 0.2) is 18.2 Å². The molecule has 14 heavy (non-hydrogen) atoms. The molecule has 2 heteroatoms. The van der Waals surface area contributed by atoms with Gasteiger partial charge in [-0.05, 0) is 17.0 Å². The van der Waals surface area contributed by atoms with Crippen LogP contribution in [0, 0.1) is 0 Å². The van der Waals surface area contributed by atoms with Crippen molar-refractivity contribution in [1.29, 1.82) is 0 Å². The topological polar surface area (TPSA) is 26.3 Å². The monoisotopic (exact) mass is 190 g/mol. The summed E-state index contributed by atoms with van der Waals surface area (Å²) < 4.78 is 4.95. The van der Waals surface area contributed by atoms with Crippen molar-refractivity contribution < 1.29 is 9.53 Å². The van der Waals surface area contributed by atoms with Crippen LogP contribution in [-0.4, -0.2) is 5.97 Å². The van der Waals surface area contributed by atoms with Crippen molar-refractivity contribution in [3.05, 3.63) is 34.9 Å². The highest BCUT2D eigenvalue weighted by Gasteiger charge is 2.23. The van der Waals surface area contributed by atoms with Crippen LogP contribution in [-0.2, 0) is 16.8 Å². The van der Waals surface area contributed by atoms with Gasteiger partial charge in [0.25, 0.3) is 0 Å². The molecule has 1 aliphatic rings. The van der Waals surface area contributed by atoms with Gasteiger partial charge in [0.2, 0.25) is 0 Å². The van der Waals surface area contributed by atoms with Crippen LogP contribution in [0.2, 0.25) is 0 Å². The molecule has 0 N–H and O–H groups in total. The minimum Gasteiger partial charge on any atom is -0.457 e. The van der Waals surface area contributed by atoms with Crippen LogP contribution in [0.5, 0.6) is 0 Å². The third-order valence-corrected chi connectivity index (χ3v) is 2.55. The predicted molar refractivity (Wildman–Crippen MR) is 54.3 cm³/mol. The molecule has 0 amide bonds. The highest BCUT2D eigenvalue weighted by atomic mass is 16.5. The van der Waals surface area contributed by atoms with Gasteiger partial charge in [-0.3, -0.25) is 0 Å². The number of esters is 1. The Kier molecular flexibility index (Phi) is 1.88. The summed E-state index contributed by atoms with van der Waals surface area (Å²) in [5, 5.41) is 0. The first kappa shape index (κ1) is 9.25. The van der Waals surface area contributed by atoms with Gasteiger partial charge in [0.1, 0.15) is 6.61 Å². The fourth-order valence-electron chi connectivity index (χ4n) is 1.58. The molecular formula is C12H14O2. The zero-order chi connectivity index (χ0) is 10.3. The van der Waals surface area contributed by atoms with E-state index in [-0.39, 0.29) is 11.4 Å². The lowest BCUT2D eigenvalue weighted by molar-refractivity contribution is 0.0535. The lowest BCUT2D eigenvalue weighted by Crippen LogP contribution is -2.11. The zero-order valence-electron chi connectivity index (χ0n) is 8.76. The van der Waals surface area contributed by atoms with E-state index in [1.807, 2.05) is 12.1 Å². The first-order chi connectivity index (χ1) is 6.48. The Morgan fingerprint density at radius 3 is 2.64 bits per heavy atom. The molecule has 0 saturated carbocycles. The number of benzene rings is 1. The molecular weight excluding hydrogens is 176 g/mol. The maximum atomic E-state index is 11.3. The van der Waals surface area contributed by atoms with E-state index in [2.05, 4.69) is 26.8 Å². The van der Waals surface area contributed by atoms with Crippen LogP contribution in [0.3, 0.4) is 0 Å². The molecule has 0 radical (unpaired) electrons. The van der Waals surface area contributed by atoms with E-state index in [9.17, 15) is 4.79 Å². The lowest BCUT2D eigenvalue weighted by Gasteiger charge is -2.19. The Morgan fingerprint density at radius 1 is 1.29 bits per heavy atom. The molecule has 0 bridgehead atoms. The molecule has 0 saturated heterocycles. The maximum Gasteiger partial charge on any atom is 0.338 e. The van der Waals surface area contributed by atoms with Crippen molar-refractivity contribution in [2.24, 2.45) is 0 Å². The minimum absolute atomic E-state index is 0.0812. The van der Waals surface area contributed by atoms with Crippen molar-refractivity contribution in [3.63, 3.8) is 0 Å². The van der Waals surface area contributed by atoms with Gasteiger partial charge < -0.3 is 4.74 Å². The van der Waals surface area contributed by atoms with Crippen LogP contribution in [0.25, 0.3) is 0 Å². The molecule has 0 spiro atoms. The Hall–Kier alpha value is -1.31. The second-order valence-corrected chi connectivity index (χ2v) is 4.70. The van der Waals surface area contributed by atoms with Gasteiger partial charge in [-0.1, -0.05) is 32.9 Å². The van der Waals surface area contributed by atoms with Gasteiger partial charge in [-0.15, -0.1) is 0 Å². The van der Waals surface area contributed by atoms with Crippen LogP contribution in [0.1, 0.15) is 42.3 Å². The summed E-state index contributed by atoms with van der Waals surface area (Å²) in [4.78, 5) is 11.3. The smallest absolute Gasteiger partial charge is 0.338 e. The van der Waals surface area contributed by atoms with E-state index in [1.54, 1.807) is 0 Å². The average Bonchev–Trinajstić information content (AvgIpc) is 2.46. The van der Waals surface area contributed by atoms with Gasteiger partial charge in [-0.2, -0.15) is 0 Å². The van der Waals surface area contributed by atoms with Gasteiger partial charge >= 0.3 is 5.97 Å². The second kappa shape index (κ2) is 2.84. The largest absolute Gasteiger partial charge is 0.457 e. The second-order valence-electron chi connectivity index (χ2n) is 4.70. The number of fused-ring (bicyclic) bond motifs is 1. The van der Waals surface area contributed by atoms with E-state index in [4.69, 9.17) is 4.74 Å². The summed E-state index contributed by atoms with van der Waals surface area (Å²) in [6, 6.07) is 6.01.